The lowest BCUT2D eigenvalue weighted by Crippen LogP contribution is -2.13. The summed E-state index contributed by atoms with van der Waals surface area (Å²) in [4.78, 5) is 17.0. The van der Waals surface area contributed by atoms with Crippen LogP contribution >= 0.6 is 11.6 Å². The van der Waals surface area contributed by atoms with Crippen LogP contribution in [0.2, 0.25) is 5.02 Å². The van der Waals surface area contributed by atoms with Crippen LogP contribution in [-0.4, -0.2) is 21.4 Å². The Hall–Kier alpha value is -3.57. The molecule has 3 aromatic rings. The van der Waals surface area contributed by atoms with E-state index in [1.807, 2.05) is 6.07 Å². The van der Waals surface area contributed by atoms with Crippen molar-refractivity contribution < 1.29 is 13.6 Å². The molecule has 1 aliphatic rings. The molecule has 2 heterocycles. The third-order valence-corrected chi connectivity index (χ3v) is 4.85. The van der Waals surface area contributed by atoms with Gasteiger partial charge in [-0.15, -0.1) is 0 Å². The highest BCUT2D eigenvalue weighted by Crippen LogP contribution is 2.27. The van der Waals surface area contributed by atoms with E-state index in [-0.39, 0.29) is 16.1 Å². The maximum atomic E-state index is 12.8. The van der Waals surface area contributed by atoms with Gasteiger partial charge in [0.2, 0.25) is 0 Å². The first-order valence-electron chi connectivity index (χ1n) is 8.49. The lowest BCUT2D eigenvalue weighted by molar-refractivity contribution is 0.0565. The second-order valence-corrected chi connectivity index (χ2v) is 6.61. The predicted octanol–water partition coefficient (Wildman–Crippen LogP) is 4.41. The maximum absolute atomic E-state index is 12.8. The number of aromatic nitrogens is 2. The van der Waals surface area contributed by atoms with Gasteiger partial charge < -0.3 is 5.32 Å². The molecule has 0 unspecified atom stereocenters. The molecule has 0 atom stereocenters. The number of nitrogens with zero attached hydrogens (tertiary/aromatic N) is 4. The van der Waals surface area contributed by atoms with Crippen molar-refractivity contribution in [3.63, 3.8) is 0 Å². The van der Waals surface area contributed by atoms with Gasteiger partial charge in [-0.3, -0.25) is 9.79 Å². The fourth-order valence-corrected chi connectivity index (χ4v) is 3.30. The van der Waals surface area contributed by atoms with Crippen LogP contribution in [0.5, 0.6) is 0 Å². The van der Waals surface area contributed by atoms with E-state index in [1.54, 1.807) is 24.3 Å². The molecule has 1 amide bonds. The number of hydrogen-bond donors (Lipinski definition) is 1. The third-order valence-electron chi connectivity index (χ3n) is 4.45. The Kier molecular flexibility index (Phi) is 4.82. The zero-order valence-corrected chi connectivity index (χ0v) is 15.5. The number of alkyl halides is 2. The van der Waals surface area contributed by atoms with Crippen LogP contribution in [0.15, 0.2) is 53.7 Å². The molecular weight excluding hydrogens is 400 g/mol. The van der Waals surface area contributed by atoms with Crippen molar-refractivity contribution in [3.8, 4) is 6.07 Å². The maximum Gasteiger partial charge on any atom is 0.333 e. The lowest BCUT2D eigenvalue weighted by atomic mass is 10.0. The highest BCUT2D eigenvalue weighted by Gasteiger charge is 2.22. The van der Waals surface area contributed by atoms with Crippen molar-refractivity contribution in [2.24, 2.45) is 4.99 Å². The monoisotopic (exact) mass is 411 g/mol. The summed E-state index contributed by atoms with van der Waals surface area (Å²) in [5.41, 5.74) is 3.29. The van der Waals surface area contributed by atoms with Gasteiger partial charge in [0.25, 0.3) is 5.91 Å². The Morgan fingerprint density at radius 1 is 1.28 bits per heavy atom. The van der Waals surface area contributed by atoms with E-state index in [1.165, 1.54) is 24.4 Å². The Morgan fingerprint density at radius 3 is 2.83 bits per heavy atom. The number of anilines is 1. The second-order valence-electron chi connectivity index (χ2n) is 6.23. The SMILES string of the molecule is N#Cc1cccc(C(=O)Nc2ccc3c(c2)C(c2ccn(C(F)F)n2)=NC3)c1Cl. The number of hydrogen-bond acceptors (Lipinski definition) is 4. The van der Waals surface area contributed by atoms with Gasteiger partial charge in [-0.05, 0) is 35.9 Å². The molecule has 29 heavy (non-hydrogen) atoms. The molecule has 0 spiro atoms. The van der Waals surface area contributed by atoms with Gasteiger partial charge in [0, 0.05) is 17.4 Å². The van der Waals surface area contributed by atoms with E-state index >= 15 is 0 Å². The summed E-state index contributed by atoms with van der Waals surface area (Å²) in [6.45, 7) is -2.33. The standard InChI is InChI=1S/C20H12ClF2N5O/c21-17-11(9-24)2-1-3-14(17)19(29)26-13-5-4-12-10-25-18(15(12)8-13)16-6-7-28(27-16)20(22)23/h1-8,20H,10H2,(H,26,29). The Labute approximate surface area is 169 Å². The summed E-state index contributed by atoms with van der Waals surface area (Å²) >= 11 is 6.12. The average Bonchev–Trinajstić information content (AvgIpc) is 3.34. The molecule has 0 radical (unpaired) electrons. The van der Waals surface area contributed by atoms with Crippen LogP contribution in [0, 0.1) is 11.3 Å². The predicted molar refractivity (Wildman–Crippen MR) is 103 cm³/mol. The molecule has 1 aromatic heterocycles. The van der Waals surface area contributed by atoms with Crippen molar-refractivity contribution >= 4 is 28.9 Å². The van der Waals surface area contributed by atoms with Crippen molar-refractivity contribution in [2.45, 2.75) is 13.1 Å². The van der Waals surface area contributed by atoms with Crippen molar-refractivity contribution in [3.05, 3.63) is 81.6 Å². The number of fused-ring (bicyclic) bond motifs is 1. The van der Waals surface area contributed by atoms with Crippen LogP contribution in [-0.2, 0) is 6.54 Å². The first kappa shape index (κ1) is 18.8. The molecule has 144 valence electrons. The minimum Gasteiger partial charge on any atom is -0.322 e. The first-order chi connectivity index (χ1) is 14.0. The third kappa shape index (κ3) is 3.48. The van der Waals surface area contributed by atoms with Gasteiger partial charge in [0.05, 0.1) is 28.4 Å². The lowest BCUT2D eigenvalue weighted by Gasteiger charge is -2.10. The molecule has 4 rings (SSSR count). The van der Waals surface area contributed by atoms with Gasteiger partial charge in [-0.25, -0.2) is 4.68 Å². The van der Waals surface area contributed by atoms with Gasteiger partial charge in [-0.1, -0.05) is 23.7 Å². The van der Waals surface area contributed by atoms with Crippen LogP contribution in [0.4, 0.5) is 14.5 Å². The van der Waals surface area contributed by atoms with E-state index in [9.17, 15) is 13.6 Å². The number of benzene rings is 2. The quantitative estimate of drug-likeness (QED) is 0.690. The Balaban J connectivity index is 1.61. The molecule has 9 heteroatoms. The minimum absolute atomic E-state index is 0.0773. The summed E-state index contributed by atoms with van der Waals surface area (Å²) in [6, 6.07) is 13.3. The molecule has 0 aliphatic carbocycles. The van der Waals surface area contributed by atoms with Gasteiger partial charge in [0.15, 0.2) is 0 Å². The normalized spacial score (nSPS) is 12.4. The molecule has 2 aromatic carbocycles. The first-order valence-corrected chi connectivity index (χ1v) is 8.87. The fraction of sp³-hybridized carbons (Fsp3) is 0.100. The molecule has 0 saturated heterocycles. The number of nitriles is 1. The molecular formula is C20H12ClF2N5O. The summed E-state index contributed by atoms with van der Waals surface area (Å²) < 4.78 is 26.2. The highest BCUT2D eigenvalue weighted by atomic mass is 35.5. The Bertz CT molecular complexity index is 1200. The topological polar surface area (TPSA) is 83.1 Å². The van der Waals surface area contributed by atoms with E-state index in [4.69, 9.17) is 16.9 Å². The van der Waals surface area contributed by atoms with E-state index in [0.29, 0.717) is 33.9 Å². The molecule has 6 nitrogen and oxygen atoms in total. The van der Waals surface area contributed by atoms with E-state index < -0.39 is 12.5 Å². The molecule has 1 N–H and O–H groups in total. The summed E-state index contributed by atoms with van der Waals surface area (Å²) in [5, 5.41) is 15.7. The number of aliphatic imine (C=N–C) groups is 1. The molecule has 0 saturated carbocycles. The fourth-order valence-electron chi connectivity index (χ4n) is 3.05. The van der Waals surface area contributed by atoms with Crippen molar-refractivity contribution in [2.75, 3.05) is 5.32 Å². The van der Waals surface area contributed by atoms with Crippen LogP contribution in [0.1, 0.15) is 39.3 Å². The number of carbonyl (C=O) groups is 1. The highest BCUT2D eigenvalue weighted by molar-refractivity contribution is 6.35. The summed E-state index contributed by atoms with van der Waals surface area (Å²) in [7, 11) is 0. The molecule has 0 bridgehead atoms. The van der Waals surface area contributed by atoms with Crippen molar-refractivity contribution in [1.82, 2.24) is 9.78 Å². The summed E-state index contributed by atoms with van der Waals surface area (Å²) in [5.74, 6) is -0.467. The second kappa shape index (κ2) is 7.45. The van der Waals surface area contributed by atoms with Gasteiger partial charge >= 0.3 is 6.55 Å². The Morgan fingerprint density at radius 2 is 2.10 bits per heavy atom. The molecule has 1 aliphatic heterocycles. The van der Waals surface area contributed by atoms with E-state index in [2.05, 4.69) is 15.4 Å². The number of halogens is 3. The van der Waals surface area contributed by atoms with Gasteiger partial charge in [-0.2, -0.15) is 19.1 Å². The zero-order valence-electron chi connectivity index (χ0n) is 14.7. The van der Waals surface area contributed by atoms with E-state index in [0.717, 1.165) is 5.56 Å². The van der Waals surface area contributed by atoms with Gasteiger partial charge in [0.1, 0.15) is 11.8 Å². The van der Waals surface area contributed by atoms with Crippen LogP contribution in [0.25, 0.3) is 0 Å². The number of nitrogens with one attached hydrogen (secondary N) is 1. The molecule has 0 fully saturated rings. The largest absolute Gasteiger partial charge is 0.333 e. The average molecular weight is 412 g/mol. The summed E-state index contributed by atoms with van der Waals surface area (Å²) in [6.07, 6.45) is 1.19. The number of rotatable bonds is 4. The van der Waals surface area contributed by atoms with Crippen LogP contribution in [0.3, 0.4) is 0 Å². The zero-order chi connectivity index (χ0) is 20.5. The number of carbonyl (C=O) groups excluding carboxylic acids is 1. The smallest absolute Gasteiger partial charge is 0.322 e. The minimum atomic E-state index is -2.73. The number of amides is 1. The van der Waals surface area contributed by atoms with Crippen LogP contribution < -0.4 is 5.32 Å². The van der Waals surface area contributed by atoms with Crippen molar-refractivity contribution in [1.29, 1.82) is 5.26 Å².